The van der Waals surface area contributed by atoms with Crippen LogP contribution in [0.15, 0.2) is 53.7 Å². The second-order valence-corrected chi connectivity index (χ2v) is 7.20. The third kappa shape index (κ3) is 3.92. The molecule has 3 N–H and O–H groups in total. The fraction of sp³-hybridized carbons (Fsp3) is 0.118. The summed E-state index contributed by atoms with van der Waals surface area (Å²) in [6, 6.07) is 13.5. The molecule has 2 aromatic carbocycles. The van der Waals surface area contributed by atoms with Crippen molar-refractivity contribution in [3.05, 3.63) is 59.9 Å². The highest BCUT2D eigenvalue weighted by molar-refractivity contribution is 7.98. The van der Waals surface area contributed by atoms with Gasteiger partial charge in [-0.1, -0.05) is 41.7 Å². The van der Waals surface area contributed by atoms with E-state index >= 15 is 0 Å². The van der Waals surface area contributed by atoms with Gasteiger partial charge in [0.15, 0.2) is 0 Å². The van der Waals surface area contributed by atoms with Gasteiger partial charge in [0.2, 0.25) is 4.96 Å². The molecule has 2 amide bonds. The number of hydrogen-bond acceptors (Lipinski definition) is 5. The van der Waals surface area contributed by atoms with Crippen molar-refractivity contribution in [2.75, 3.05) is 0 Å². The van der Waals surface area contributed by atoms with Crippen LogP contribution >= 0.6 is 23.3 Å². The van der Waals surface area contributed by atoms with Gasteiger partial charge in [0.05, 0.1) is 10.2 Å². The fourth-order valence-corrected chi connectivity index (χ4v) is 3.96. The number of rotatable bonds is 2. The maximum atomic E-state index is 10.4. The highest BCUT2D eigenvalue weighted by atomic mass is 32.2. The molecule has 4 aromatic rings. The number of primary amides is 1. The van der Waals surface area contributed by atoms with Gasteiger partial charge in [0.1, 0.15) is 6.33 Å². The minimum absolute atomic E-state index is 0.525. The van der Waals surface area contributed by atoms with Crippen LogP contribution in [0.25, 0.3) is 15.2 Å². The van der Waals surface area contributed by atoms with E-state index < -0.39 is 6.03 Å². The first-order valence-corrected chi connectivity index (χ1v) is 9.15. The summed E-state index contributed by atoms with van der Waals surface area (Å²) in [6.45, 7) is 4.08. The third-order valence-electron chi connectivity index (χ3n) is 3.51. The van der Waals surface area contributed by atoms with Crippen molar-refractivity contribution in [3.63, 3.8) is 0 Å². The molecule has 0 saturated carbocycles. The van der Waals surface area contributed by atoms with E-state index in [1.54, 1.807) is 17.7 Å². The van der Waals surface area contributed by atoms with Crippen molar-refractivity contribution < 1.29 is 4.79 Å². The SMILES string of the molecule is Cc1cccc2sc3nncn3c12.Cc1ccccc1SNC(N)=O. The summed E-state index contributed by atoms with van der Waals surface area (Å²) in [5, 5.41) is 7.90. The third-order valence-corrected chi connectivity index (χ3v) is 5.51. The molecule has 0 unspecified atom stereocenters. The van der Waals surface area contributed by atoms with Gasteiger partial charge in [-0.15, -0.1) is 10.2 Å². The molecule has 0 spiro atoms. The first kappa shape index (κ1) is 17.2. The van der Waals surface area contributed by atoms with Crippen LogP contribution < -0.4 is 10.5 Å². The summed E-state index contributed by atoms with van der Waals surface area (Å²) in [4.78, 5) is 12.3. The lowest BCUT2D eigenvalue weighted by Gasteiger charge is -2.03. The number of fused-ring (bicyclic) bond motifs is 3. The average Bonchev–Trinajstić information content (AvgIpc) is 3.15. The van der Waals surface area contributed by atoms with Crippen molar-refractivity contribution in [2.45, 2.75) is 18.7 Å². The number of nitrogens with zero attached hydrogens (tertiary/aromatic N) is 3. The number of para-hydroxylation sites is 1. The van der Waals surface area contributed by atoms with Crippen LogP contribution in [0.2, 0.25) is 0 Å². The number of urea groups is 1. The highest BCUT2D eigenvalue weighted by Crippen LogP contribution is 2.26. The van der Waals surface area contributed by atoms with Crippen LogP contribution in [-0.4, -0.2) is 20.6 Å². The van der Waals surface area contributed by atoms with Gasteiger partial charge in [0, 0.05) is 4.90 Å². The van der Waals surface area contributed by atoms with Crippen molar-refractivity contribution in [1.82, 2.24) is 19.3 Å². The first-order valence-electron chi connectivity index (χ1n) is 7.52. The number of hydrogen-bond donors (Lipinski definition) is 2. The standard InChI is InChI=1S/C9H7N3S.C8H10N2OS/c1-6-3-2-4-7-8(6)12-5-10-11-9(12)13-7;1-6-4-2-3-5-7(6)12-10-8(9)11/h2-5H,1H3;2-5H,1H3,(H3,9,10,11). The zero-order valence-corrected chi connectivity index (χ0v) is 15.4. The van der Waals surface area contributed by atoms with Crippen LogP contribution in [0.1, 0.15) is 11.1 Å². The fourth-order valence-electron chi connectivity index (χ4n) is 2.35. The molecule has 0 aliphatic heterocycles. The van der Waals surface area contributed by atoms with Crippen molar-refractivity contribution in [1.29, 1.82) is 0 Å². The second kappa shape index (κ2) is 7.54. The molecule has 0 aliphatic rings. The monoisotopic (exact) mass is 371 g/mol. The number of benzene rings is 2. The zero-order chi connectivity index (χ0) is 17.8. The molecular formula is C17H17N5OS2. The number of nitrogens with one attached hydrogen (secondary N) is 1. The van der Waals surface area contributed by atoms with Gasteiger partial charge in [-0.2, -0.15) is 0 Å². The first-order chi connectivity index (χ1) is 12.1. The molecule has 0 atom stereocenters. The van der Waals surface area contributed by atoms with Crippen LogP contribution in [0, 0.1) is 13.8 Å². The number of carbonyl (C=O) groups excluding carboxylic acids is 1. The zero-order valence-electron chi connectivity index (χ0n) is 13.8. The minimum Gasteiger partial charge on any atom is -0.351 e. The average molecular weight is 371 g/mol. The Morgan fingerprint density at radius 2 is 1.92 bits per heavy atom. The normalized spacial score (nSPS) is 10.5. The van der Waals surface area contributed by atoms with Gasteiger partial charge in [0.25, 0.3) is 0 Å². The number of amides is 2. The number of nitrogens with two attached hydrogens (primary N) is 1. The molecule has 2 heterocycles. The maximum absolute atomic E-state index is 10.4. The second-order valence-electron chi connectivity index (χ2n) is 5.34. The van der Waals surface area contributed by atoms with Crippen LogP contribution in [-0.2, 0) is 0 Å². The van der Waals surface area contributed by atoms with Gasteiger partial charge in [-0.05, 0) is 49.1 Å². The van der Waals surface area contributed by atoms with Crippen LogP contribution in [0.4, 0.5) is 4.79 Å². The molecule has 25 heavy (non-hydrogen) atoms. The number of thiazole rings is 1. The lowest BCUT2D eigenvalue weighted by Crippen LogP contribution is -2.22. The number of aryl methyl sites for hydroxylation is 2. The van der Waals surface area contributed by atoms with E-state index in [1.165, 1.54) is 27.7 Å². The summed E-state index contributed by atoms with van der Waals surface area (Å²) in [6.07, 6.45) is 1.77. The van der Waals surface area contributed by atoms with Gasteiger partial charge in [-0.25, -0.2) is 4.79 Å². The molecule has 2 aromatic heterocycles. The van der Waals surface area contributed by atoms with Gasteiger partial charge < -0.3 is 5.73 Å². The maximum Gasteiger partial charge on any atom is 0.322 e. The molecule has 0 saturated heterocycles. The van der Waals surface area contributed by atoms with E-state index in [0.717, 1.165) is 15.4 Å². The van der Waals surface area contributed by atoms with Crippen molar-refractivity contribution in [3.8, 4) is 0 Å². The molecule has 8 heteroatoms. The van der Waals surface area contributed by atoms with Crippen molar-refractivity contribution in [2.24, 2.45) is 5.73 Å². The molecule has 6 nitrogen and oxygen atoms in total. The summed E-state index contributed by atoms with van der Waals surface area (Å²) in [5.74, 6) is 0. The smallest absolute Gasteiger partial charge is 0.322 e. The summed E-state index contributed by atoms with van der Waals surface area (Å²) in [7, 11) is 0. The molecule has 0 radical (unpaired) electrons. The van der Waals surface area contributed by atoms with E-state index in [1.807, 2.05) is 35.6 Å². The van der Waals surface area contributed by atoms with E-state index in [0.29, 0.717) is 0 Å². The van der Waals surface area contributed by atoms with Crippen LogP contribution in [0.3, 0.4) is 0 Å². The number of carbonyl (C=O) groups is 1. The molecule has 0 bridgehead atoms. The Morgan fingerprint density at radius 3 is 2.68 bits per heavy atom. The Balaban J connectivity index is 0.000000147. The van der Waals surface area contributed by atoms with E-state index in [-0.39, 0.29) is 0 Å². The summed E-state index contributed by atoms with van der Waals surface area (Å²) < 4.78 is 5.76. The van der Waals surface area contributed by atoms with E-state index in [9.17, 15) is 4.79 Å². The predicted octanol–water partition coefficient (Wildman–Crippen LogP) is 3.92. The number of aromatic nitrogens is 3. The van der Waals surface area contributed by atoms with Crippen LogP contribution in [0.5, 0.6) is 0 Å². The largest absolute Gasteiger partial charge is 0.351 e. The Bertz CT molecular complexity index is 1020. The summed E-state index contributed by atoms with van der Waals surface area (Å²) in [5.41, 5.74) is 8.54. The lowest BCUT2D eigenvalue weighted by atomic mass is 10.2. The van der Waals surface area contributed by atoms with Gasteiger partial charge >= 0.3 is 6.03 Å². The Kier molecular flexibility index (Phi) is 5.20. The Labute approximate surface area is 153 Å². The van der Waals surface area contributed by atoms with E-state index in [2.05, 4.69) is 40.0 Å². The molecule has 0 aliphatic carbocycles. The van der Waals surface area contributed by atoms with E-state index in [4.69, 9.17) is 5.73 Å². The molecular weight excluding hydrogens is 354 g/mol. The predicted molar refractivity (Wildman–Crippen MR) is 103 cm³/mol. The topological polar surface area (TPSA) is 85.3 Å². The highest BCUT2D eigenvalue weighted by Gasteiger charge is 2.06. The van der Waals surface area contributed by atoms with Gasteiger partial charge in [-0.3, -0.25) is 9.12 Å². The molecule has 0 fully saturated rings. The Morgan fingerprint density at radius 1 is 1.16 bits per heavy atom. The minimum atomic E-state index is -0.525. The van der Waals surface area contributed by atoms with Crippen molar-refractivity contribution >= 4 is 44.5 Å². The quantitative estimate of drug-likeness (QED) is 0.523. The Hall–Kier alpha value is -2.58. The molecule has 4 rings (SSSR count). The molecule has 128 valence electrons. The summed E-state index contributed by atoms with van der Waals surface area (Å²) >= 11 is 2.90. The lowest BCUT2D eigenvalue weighted by molar-refractivity contribution is 0.254.